The van der Waals surface area contributed by atoms with E-state index in [4.69, 9.17) is 42.6 Å². The molecule has 5 rings (SSSR count). The summed E-state index contributed by atoms with van der Waals surface area (Å²) in [7, 11) is 2.12. The first-order chi connectivity index (χ1) is 17.4. The predicted molar refractivity (Wildman–Crippen MR) is 150 cm³/mol. The molecule has 0 saturated carbocycles. The van der Waals surface area contributed by atoms with E-state index in [2.05, 4.69) is 32.8 Å². The third-order valence-corrected chi connectivity index (χ3v) is 9.50. The number of benzene rings is 1. The highest BCUT2D eigenvalue weighted by atomic mass is 79.9. The molecule has 1 spiro atoms. The van der Waals surface area contributed by atoms with Crippen LogP contribution in [0.25, 0.3) is 10.9 Å². The van der Waals surface area contributed by atoms with Crippen LogP contribution in [0.1, 0.15) is 46.5 Å². The SMILES string of the molecule is CN1CCC(Oc2nc(N3CCC4(CC3)CN(C(=O)OC(C)(C)C)C4)c3cc(Cl)c(Br)c(Cl)c3n2)CC1. The van der Waals surface area contributed by atoms with Gasteiger partial charge in [0.1, 0.15) is 17.5 Å². The van der Waals surface area contributed by atoms with Gasteiger partial charge in [0.25, 0.3) is 0 Å². The van der Waals surface area contributed by atoms with E-state index in [0.717, 1.165) is 76.2 Å². The number of fused-ring (bicyclic) bond motifs is 1. The standard InChI is InChI=1S/C26H34BrCl2N5O3/c1-25(2,3)37-24(35)34-14-26(15-34)7-11-33(12-8-26)22-17-13-18(28)19(27)20(29)21(17)30-23(31-22)36-16-5-9-32(4)10-6-16/h13,16H,5-12,14-15H2,1-4H3. The summed E-state index contributed by atoms with van der Waals surface area (Å²) in [6, 6.07) is 2.23. The second-order valence-electron chi connectivity index (χ2n) is 11.7. The van der Waals surface area contributed by atoms with Crippen LogP contribution in [0.3, 0.4) is 0 Å². The second-order valence-corrected chi connectivity index (χ2v) is 13.2. The van der Waals surface area contributed by atoms with Gasteiger partial charge < -0.3 is 24.2 Å². The summed E-state index contributed by atoms with van der Waals surface area (Å²) in [5, 5.41) is 1.79. The first-order valence-electron chi connectivity index (χ1n) is 12.9. The monoisotopic (exact) mass is 613 g/mol. The van der Waals surface area contributed by atoms with Gasteiger partial charge >= 0.3 is 12.1 Å². The van der Waals surface area contributed by atoms with Crippen LogP contribution in [0, 0.1) is 5.41 Å². The normalized spacial score (nSPS) is 20.8. The Morgan fingerprint density at radius 1 is 1.11 bits per heavy atom. The molecule has 0 radical (unpaired) electrons. The number of likely N-dealkylation sites (tertiary alicyclic amines) is 2. The molecule has 0 aliphatic carbocycles. The molecule has 1 amide bonds. The van der Waals surface area contributed by atoms with Crippen LogP contribution in [0.15, 0.2) is 10.5 Å². The Morgan fingerprint density at radius 3 is 2.38 bits per heavy atom. The first-order valence-corrected chi connectivity index (χ1v) is 14.4. The summed E-state index contributed by atoms with van der Waals surface area (Å²) in [5.41, 5.74) is 0.273. The molecular weight excluding hydrogens is 581 g/mol. The number of hydrogen-bond donors (Lipinski definition) is 0. The number of piperidine rings is 2. The lowest BCUT2D eigenvalue weighted by molar-refractivity contribution is -0.0434. The molecule has 8 nitrogen and oxygen atoms in total. The maximum Gasteiger partial charge on any atom is 0.410 e. The Bertz CT molecular complexity index is 1180. The summed E-state index contributed by atoms with van der Waals surface area (Å²) in [5.74, 6) is 0.794. The molecule has 202 valence electrons. The third-order valence-electron chi connectivity index (χ3n) is 7.55. The lowest BCUT2D eigenvalue weighted by Crippen LogP contribution is -2.62. The van der Waals surface area contributed by atoms with Gasteiger partial charge in [-0.15, -0.1) is 0 Å². The van der Waals surface area contributed by atoms with Gasteiger partial charge in [-0.3, -0.25) is 0 Å². The van der Waals surface area contributed by atoms with E-state index in [1.807, 2.05) is 31.7 Å². The molecule has 3 saturated heterocycles. The zero-order chi connectivity index (χ0) is 26.5. The summed E-state index contributed by atoms with van der Waals surface area (Å²) >= 11 is 16.7. The van der Waals surface area contributed by atoms with E-state index in [-0.39, 0.29) is 17.6 Å². The summed E-state index contributed by atoms with van der Waals surface area (Å²) < 4.78 is 12.4. The van der Waals surface area contributed by atoms with Crippen molar-refractivity contribution in [3.05, 3.63) is 20.6 Å². The largest absolute Gasteiger partial charge is 0.460 e. The highest BCUT2D eigenvalue weighted by Gasteiger charge is 2.48. The van der Waals surface area contributed by atoms with Crippen LogP contribution >= 0.6 is 39.1 Å². The highest BCUT2D eigenvalue weighted by molar-refractivity contribution is 9.10. The van der Waals surface area contributed by atoms with Gasteiger partial charge in [-0.05, 0) is 75.5 Å². The van der Waals surface area contributed by atoms with Crippen molar-refractivity contribution in [3.8, 4) is 6.01 Å². The van der Waals surface area contributed by atoms with Crippen molar-refractivity contribution in [2.75, 3.05) is 51.2 Å². The van der Waals surface area contributed by atoms with Crippen LogP contribution in [0.4, 0.5) is 10.6 Å². The molecule has 0 atom stereocenters. The smallest absolute Gasteiger partial charge is 0.410 e. The van der Waals surface area contributed by atoms with Gasteiger partial charge in [0, 0.05) is 50.1 Å². The van der Waals surface area contributed by atoms with Crippen LogP contribution in [0.5, 0.6) is 6.01 Å². The summed E-state index contributed by atoms with van der Waals surface area (Å²) in [6.45, 7) is 10.8. The van der Waals surface area contributed by atoms with Gasteiger partial charge in [0.05, 0.1) is 20.0 Å². The lowest BCUT2D eigenvalue weighted by Gasteiger charge is -2.53. The molecule has 1 aromatic heterocycles. The molecule has 0 bridgehead atoms. The van der Waals surface area contributed by atoms with Crippen molar-refractivity contribution < 1.29 is 14.3 Å². The second kappa shape index (κ2) is 10.2. The summed E-state index contributed by atoms with van der Waals surface area (Å²) in [6.07, 6.45) is 3.64. The van der Waals surface area contributed by atoms with Gasteiger partial charge in [0.2, 0.25) is 0 Å². The number of aromatic nitrogens is 2. The fourth-order valence-electron chi connectivity index (χ4n) is 5.41. The van der Waals surface area contributed by atoms with Crippen LogP contribution < -0.4 is 9.64 Å². The Morgan fingerprint density at radius 2 is 1.76 bits per heavy atom. The minimum Gasteiger partial charge on any atom is -0.460 e. The van der Waals surface area contributed by atoms with Gasteiger partial charge in [-0.1, -0.05) is 23.2 Å². The molecule has 3 fully saturated rings. The summed E-state index contributed by atoms with van der Waals surface area (Å²) in [4.78, 5) is 28.4. The minimum absolute atomic E-state index is 0.0782. The first kappa shape index (κ1) is 27.0. The number of nitrogens with zero attached hydrogens (tertiary/aromatic N) is 5. The van der Waals surface area contributed by atoms with Gasteiger partial charge in [0.15, 0.2) is 0 Å². The maximum atomic E-state index is 12.4. The number of ether oxygens (including phenoxy) is 2. The van der Waals surface area contributed by atoms with Gasteiger partial charge in [-0.2, -0.15) is 9.97 Å². The Kier molecular flexibility index (Phi) is 7.46. The quantitative estimate of drug-likeness (QED) is 0.392. The topological polar surface area (TPSA) is 71.0 Å². The molecule has 2 aromatic rings. The number of halogens is 3. The van der Waals surface area contributed by atoms with Crippen LogP contribution in [-0.2, 0) is 4.74 Å². The molecule has 0 N–H and O–H groups in total. The van der Waals surface area contributed by atoms with Crippen molar-refractivity contribution in [1.82, 2.24) is 19.8 Å². The predicted octanol–water partition coefficient (Wildman–Crippen LogP) is 6.01. The number of carbonyl (C=O) groups excluding carboxylic acids is 1. The number of rotatable bonds is 3. The third kappa shape index (κ3) is 5.75. The van der Waals surface area contributed by atoms with Crippen molar-refractivity contribution in [3.63, 3.8) is 0 Å². The van der Waals surface area contributed by atoms with Crippen molar-refractivity contribution in [2.45, 2.75) is 58.2 Å². The fourth-order valence-corrected chi connectivity index (χ4v) is 6.21. The van der Waals surface area contributed by atoms with Crippen LogP contribution in [0.2, 0.25) is 10.0 Å². The Hall–Kier alpha value is -1.55. The fraction of sp³-hybridized carbons (Fsp3) is 0.654. The van der Waals surface area contributed by atoms with E-state index < -0.39 is 5.60 Å². The minimum atomic E-state index is -0.484. The number of amides is 1. The molecule has 1 aromatic carbocycles. The average Bonchev–Trinajstić information content (AvgIpc) is 2.82. The average molecular weight is 615 g/mol. The maximum absolute atomic E-state index is 12.4. The van der Waals surface area contributed by atoms with E-state index in [0.29, 0.717) is 26.0 Å². The van der Waals surface area contributed by atoms with Gasteiger partial charge in [-0.25, -0.2) is 4.79 Å². The lowest BCUT2D eigenvalue weighted by atomic mass is 9.72. The zero-order valence-corrected chi connectivity index (χ0v) is 24.9. The number of hydrogen-bond acceptors (Lipinski definition) is 7. The van der Waals surface area contributed by atoms with E-state index in [1.54, 1.807) is 0 Å². The molecule has 11 heteroatoms. The Balaban J connectivity index is 1.35. The zero-order valence-electron chi connectivity index (χ0n) is 21.8. The highest BCUT2D eigenvalue weighted by Crippen LogP contribution is 2.44. The molecule has 0 unspecified atom stereocenters. The van der Waals surface area contributed by atoms with Crippen molar-refractivity contribution >= 4 is 61.9 Å². The van der Waals surface area contributed by atoms with Crippen molar-refractivity contribution in [2.24, 2.45) is 5.41 Å². The number of carbonyl (C=O) groups is 1. The van der Waals surface area contributed by atoms with Crippen LogP contribution in [-0.4, -0.2) is 83.9 Å². The van der Waals surface area contributed by atoms with E-state index in [9.17, 15) is 4.79 Å². The molecular formula is C26H34BrCl2N5O3. The Labute approximate surface area is 236 Å². The molecule has 4 heterocycles. The number of anilines is 1. The van der Waals surface area contributed by atoms with E-state index >= 15 is 0 Å². The molecule has 3 aliphatic heterocycles. The van der Waals surface area contributed by atoms with Crippen molar-refractivity contribution in [1.29, 1.82) is 0 Å². The molecule has 3 aliphatic rings. The van der Waals surface area contributed by atoms with E-state index in [1.165, 1.54) is 0 Å². The molecule has 37 heavy (non-hydrogen) atoms.